The molecule has 0 spiro atoms. The molecule has 3 nitrogen and oxygen atoms in total. The molecule has 0 fully saturated rings. The van der Waals surface area contributed by atoms with E-state index in [1.165, 1.54) is 18.2 Å². The maximum atomic E-state index is 13.8. The highest BCUT2D eigenvalue weighted by Gasteiger charge is 2.21. The molecule has 2 aromatic rings. The molecule has 0 aromatic heterocycles. The van der Waals surface area contributed by atoms with Crippen LogP contribution in [0.5, 0.6) is 0 Å². The van der Waals surface area contributed by atoms with Crippen LogP contribution in [0.2, 0.25) is 5.02 Å². The van der Waals surface area contributed by atoms with Crippen molar-refractivity contribution in [3.05, 3.63) is 74.3 Å². The highest BCUT2D eigenvalue weighted by atomic mass is 35.5. The second-order valence-electron chi connectivity index (χ2n) is 4.35. The van der Waals surface area contributed by atoms with Crippen LogP contribution in [0, 0.1) is 21.7 Å². The summed E-state index contributed by atoms with van der Waals surface area (Å²) >= 11 is 11.5. The van der Waals surface area contributed by atoms with E-state index in [9.17, 15) is 18.9 Å². The minimum Gasteiger partial charge on any atom is -0.258 e. The van der Waals surface area contributed by atoms with Gasteiger partial charge in [0.15, 0.2) is 0 Å². The maximum absolute atomic E-state index is 13.8. The fraction of sp³-hybridized carbons (Fsp3) is 0.143. The summed E-state index contributed by atoms with van der Waals surface area (Å²) in [5, 5.41) is 9.63. The Bertz CT molecular complexity index is 695. The summed E-state index contributed by atoms with van der Waals surface area (Å²) in [7, 11) is 0. The van der Waals surface area contributed by atoms with Gasteiger partial charge in [0.05, 0.1) is 15.3 Å². The summed E-state index contributed by atoms with van der Waals surface area (Å²) in [4.78, 5) is 10.4. The van der Waals surface area contributed by atoms with Crippen molar-refractivity contribution in [3.8, 4) is 0 Å². The summed E-state index contributed by atoms with van der Waals surface area (Å²) in [6, 6.07) is 7.73. The fourth-order valence-electron chi connectivity index (χ4n) is 1.94. The Kier molecular flexibility index (Phi) is 4.75. The largest absolute Gasteiger partial charge is 0.272 e. The first-order valence-corrected chi connectivity index (χ1v) is 6.72. The predicted octanol–water partition coefficient (Wildman–Crippen LogP) is 5.05. The van der Waals surface area contributed by atoms with Gasteiger partial charge in [0.1, 0.15) is 11.6 Å². The van der Waals surface area contributed by atoms with Gasteiger partial charge < -0.3 is 0 Å². The summed E-state index contributed by atoms with van der Waals surface area (Å²) in [6.07, 6.45) is -0.00327. The molecule has 0 aliphatic heterocycles. The number of nitro benzene ring substituents is 1. The van der Waals surface area contributed by atoms with Gasteiger partial charge >= 0.3 is 0 Å². The first kappa shape index (κ1) is 15.7. The van der Waals surface area contributed by atoms with Crippen LogP contribution in [0.15, 0.2) is 36.4 Å². The van der Waals surface area contributed by atoms with Crippen LogP contribution in [-0.2, 0) is 6.42 Å². The molecule has 0 heterocycles. The van der Waals surface area contributed by atoms with Crippen LogP contribution in [0.4, 0.5) is 14.5 Å². The zero-order valence-electron chi connectivity index (χ0n) is 10.5. The van der Waals surface area contributed by atoms with Crippen LogP contribution in [-0.4, -0.2) is 4.92 Å². The van der Waals surface area contributed by atoms with Gasteiger partial charge in [-0.05, 0) is 18.6 Å². The summed E-state index contributed by atoms with van der Waals surface area (Å²) < 4.78 is 27.2. The molecule has 2 rings (SSSR count). The van der Waals surface area contributed by atoms with Crippen molar-refractivity contribution >= 4 is 28.9 Å². The van der Waals surface area contributed by atoms with Crippen LogP contribution < -0.4 is 0 Å². The van der Waals surface area contributed by atoms with Crippen LogP contribution >= 0.6 is 23.2 Å². The van der Waals surface area contributed by atoms with Gasteiger partial charge in [-0.15, -0.1) is 11.6 Å². The summed E-state index contributed by atoms with van der Waals surface area (Å²) in [5.74, 6) is -1.54. The monoisotopic (exact) mass is 331 g/mol. The zero-order chi connectivity index (χ0) is 15.6. The number of halogens is 4. The first-order valence-electron chi connectivity index (χ1n) is 5.91. The molecular formula is C14H9Cl2F2NO2. The number of rotatable bonds is 4. The lowest BCUT2D eigenvalue weighted by Gasteiger charge is -2.12. The van der Waals surface area contributed by atoms with Crippen LogP contribution in [0.25, 0.3) is 0 Å². The van der Waals surface area contributed by atoms with E-state index in [0.717, 1.165) is 12.1 Å². The lowest BCUT2D eigenvalue weighted by molar-refractivity contribution is -0.385. The molecule has 0 radical (unpaired) electrons. The molecule has 21 heavy (non-hydrogen) atoms. The van der Waals surface area contributed by atoms with E-state index in [1.54, 1.807) is 6.07 Å². The molecule has 0 N–H and O–H groups in total. The van der Waals surface area contributed by atoms with Crippen molar-refractivity contribution in [3.63, 3.8) is 0 Å². The van der Waals surface area contributed by atoms with Crippen molar-refractivity contribution in [2.75, 3.05) is 0 Å². The minimum absolute atomic E-state index is 0.00327. The smallest absolute Gasteiger partial charge is 0.258 e. The van der Waals surface area contributed by atoms with E-state index >= 15 is 0 Å². The molecule has 0 amide bonds. The Morgan fingerprint density at radius 1 is 1.19 bits per heavy atom. The average Bonchev–Trinajstić information content (AvgIpc) is 2.43. The Morgan fingerprint density at radius 3 is 2.52 bits per heavy atom. The third kappa shape index (κ3) is 3.49. The van der Waals surface area contributed by atoms with Crippen molar-refractivity contribution in [1.82, 2.24) is 0 Å². The molecule has 110 valence electrons. The minimum atomic E-state index is -0.946. The van der Waals surface area contributed by atoms with Crippen molar-refractivity contribution < 1.29 is 13.7 Å². The molecule has 1 unspecified atom stereocenters. The van der Waals surface area contributed by atoms with Crippen molar-refractivity contribution in [1.29, 1.82) is 0 Å². The van der Waals surface area contributed by atoms with Gasteiger partial charge in [-0.3, -0.25) is 10.1 Å². The number of hydrogen-bond acceptors (Lipinski definition) is 2. The van der Waals surface area contributed by atoms with Crippen LogP contribution in [0.3, 0.4) is 0 Å². The van der Waals surface area contributed by atoms with Gasteiger partial charge in [0, 0.05) is 17.2 Å². The Morgan fingerprint density at radius 2 is 1.86 bits per heavy atom. The topological polar surface area (TPSA) is 43.1 Å². The number of nitrogens with zero attached hydrogens (tertiary/aromatic N) is 1. The first-order chi connectivity index (χ1) is 9.90. The SMILES string of the molecule is O=[N+]([O-])c1ccccc1CC(Cl)c1cc(F)c(Cl)cc1F. The number of benzene rings is 2. The van der Waals surface area contributed by atoms with Gasteiger partial charge in [0.2, 0.25) is 0 Å². The third-order valence-electron chi connectivity index (χ3n) is 2.96. The summed E-state index contributed by atoms with van der Waals surface area (Å²) in [6.45, 7) is 0. The van der Waals surface area contributed by atoms with E-state index in [-0.39, 0.29) is 22.7 Å². The molecular weight excluding hydrogens is 323 g/mol. The van der Waals surface area contributed by atoms with E-state index in [4.69, 9.17) is 23.2 Å². The Labute approximate surface area is 129 Å². The molecule has 7 heteroatoms. The average molecular weight is 332 g/mol. The molecule has 0 saturated carbocycles. The summed E-state index contributed by atoms with van der Waals surface area (Å²) in [5.41, 5.74) is 0.145. The number of nitro groups is 1. The molecule has 0 bridgehead atoms. The van der Waals surface area contributed by atoms with Gasteiger partial charge in [-0.2, -0.15) is 0 Å². The number of alkyl halides is 1. The Balaban J connectivity index is 2.33. The molecule has 1 atom stereocenters. The lowest BCUT2D eigenvalue weighted by Crippen LogP contribution is -2.03. The fourth-order valence-corrected chi connectivity index (χ4v) is 2.43. The highest BCUT2D eigenvalue weighted by Crippen LogP contribution is 2.32. The maximum Gasteiger partial charge on any atom is 0.272 e. The molecule has 0 aliphatic carbocycles. The van der Waals surface area contributed by atoms with Gasteiger partial charge in [-0.1, -0.05) is 29.8 Å². The molecule has 0 saturated heterocycles. The van der Waals surface area contributed by atoms with E-state index < -0.39 is 21.9 Å². The normalized spacial score (nSPS) is 12.2. The predicted molar refractivity (Wildman–Crippen MR) is 76.8 cm³/mol. The zero-order valence-corrected chi connectivity index (χ0v) is 12.0. The van der Waals surface area contributed by atoms with Crippen LogP contribution in [0.1, 0.15) is 16.5 Å². The molecule has 2 aromatic carbocycles. The number of hydrogen-bond donors (Lipinski definition) is 0. The standard InChI is InChI=1S/C14H9Cl2F2NO2/c15-10(9-6-13(18)11(16)7-12(9)17)5-8-3-1-2-4-14(8)19(20)21/h1-4,6-7,10H,5H2. The number of para-hydroxylation sites is 1. The van der Waals surface area contributed by atoms with Gasteiger partial charge in [0.25, 0.3) is 5.69 Å². The third-order valence-corrected chi connectivity index (χ3v) is 3.64. The second kappa shape index (κ2) is 6.37. The van der Waals surface area contributed by atoms with E-state index in [0.29, 0.717) is 5.56 Å². The highest BCUT2D eigenvalue weighted by molar-refractivity contribution is 6.30. The van der Waals surface area contributed by atoms with E-state index in [1.807, 2.05) is 0 Å². The quantitative estimate of drug-likeness (QED) is 0.340. The Hall–Kier alpha value is -1.72. The van der Waals surface area contributed by atoms with Gasteiger partial charge in [-0.25, -0.2) is 8.78 Å². The van der Waals surface area contributed by atoms with E-state index in [2.05, 4.69) is 0 Å². The van der Waals surface area contributed by atoms with Crippen molar-refractivity contribution in [2.45, 2.75) is 11.8 Å². The molecule has 0 aliphatic rings. The lowest BCUT2D eigenvalue weighted by atomic mass is 10.0. The van der Waals surface area contributed by atoms with Crippen molar-refractivity contribution in [2.24, 2.45) is 0 Å². The second-order valence-corrected chi connectivity index (χ2v) is 5.28.